The Balaban J connectivity index is 0.00000364. The van der Waals surface area contributed by atoms with E-state index < -0.39 is 9.85 Å². The summed E-state index contributed by atoms with van der Waals surface area (Å²) in [7, 11) is 0. The molecule has 2 rings (SSSR count). The van der Waals surface area contributed by atoms with Crippen LogP contribution in [-0.2, 0) is 27.3 Å². The number of phenolic OH excluding ortho intramolecular Hbond substituents is 2. The van der Waals surface area contributed by atoms with Crippen LogP contribution in [-0.4, -0.2) is 45.6 Å². The van der Waals surface area contributed by atoms with Crippen molar-refractivity contribution in [2.45, 2.75) is 0 Å². The average molecular weight is 471 g/mol. The molecule has 2 N–H and O–H groups in total. The molecule has 0 aromatic heterocycles. The number of benzene rings is 2. The molecule has 0 aliphatic rings. The van der Waals surface area contributed by atoms with Crippen molar-refractivity contribution in [3.05, 3.63) is 67.8 Å². The van der Waals surface area contributed by atoms with Crippen LogP contribution in [0.2, 0.25) is 0 Å². The number of phenols is 2. The van der Waals surface area contributed by atoms with Gasteiger partial charge in [0.15, 0.2) is 0 Å². The number of non-ortho nitro benzene ring substituents is 2. The summed E-state index contributed by atoms with van der Waals surface area (Å²) >= 11 is 0. The monoisotopic (exact) mass is 472 g/mol. The van der Waals surface area contributed by atoms with Crippen molar-refractivity contribution in [3.63, 3.8) is 0 Å². The van der Waals surface area contributed by atoms with E-state index in [1.807, 2.05) is 0 Å². The van der Waals surface area contributed by atoms with E-state index in [1.54, 1.807) is 0 Å². The first-order chi connectivity index (χ1) is 12.4. The number of hydrogen-bond donors (Lipinski definition) is 2. The first kappa shape index (κ1) is 22.1. The van der Waals surface area contributed by atoms with Gasteiger partial charge in [-0.05, 0) is 12.1 Å². The van der Waals surface area contributed by atoms with Gasteiger partial charge in [0.1, 0.15) is 11.5 Å². The van der Waals surface area contributed by atoms with Crippen LogP contribution >= 0.6 is 0 Å². The van der Waals surface area contributed by atoms with Crippen molar-refractivity contribution in [2.75, 3.05) is 13.1 Å². The molecule has 11 heteroatoms. The molecule has 0 aliphatic carbocycles. The van der Waals surface area contributed by atoms with E-state index in [0.29, 0.717) is 0 Å². The zero-order valence-corrected chi connectivity index (χ0v) is 18.1. The summed E-state index contributed by atoms with van der Waals surface area (Å²) in [5.41, 5.74) is 0.0888. The molecule has 0 radical (unpaired) electrons. The third-order valence-electron chi connectivity index (χ3n) is 3.26. The van der Waals surface area contributed by atoms with Crippen molar-refractivity contribution in [2.24, 2.45) is 9.98 Å². The maximum Gasteiger partial charge on any atom is 0.270 e. The van der Waals surface area contributed by atoms with Gasteiger partial charge in [-0.1, -0.05) is 0 Å². The van der Waals surface area contributed by atoms with Crippen molar-refractivity contribution in [1.29, 1.82) is 0 Å². The number of nitrogens with zero attached hydrogens (tertiary/aromatic N) is 4. The zero-order chi connectivity index (χ0) is 19.1. The molecule has 0 aliphatic heterocycles. The third kappa shape index (κ3) is 6.40. The average Bonchev–Trinajstić information content (AvgIpc) is 2.60. The fourth-order valence-corrected chi connectivity index (χ4v) is 1.96. The fraction of sp³-hybridized carbons (Fsp3) is 0.125. The molecule has 2 aromatic carbocycles. The molecule has 0 heterocycles. The van der Waals surface area contributed by atoms with E-state index >= 15 is 0 Å². The third-order valence-corrected chi connectivity index (χ3v) is 3.26. The van der Waals surface area contributed by atoms with Crippen LogP contribution in [0.4, 0.5) is 11.4 Å². The molecule has 10 nitrogen and oxygen atoms in total. The molecule has 0 unspecified atom stereocenters. The molecular formula is C16H14CdN4O6. The van der Waals surface area contributed by atoms with Crippen LogP contribution in [0, 0.1) is 20.2 Å². The first-order valence-corrected chi connectivity index (χ1v) is 7.33. The summed E-state index contributed by atoms with van der Waals surface area (Å²) in [6.45, 7) is 0.433. The predicted octanol–water partition coefficient (Wildman–Crippen LogP) is 2.45. The van der Waals surface area contributed by atoms with Gasteiger partial charge in [0.2, 0.25) is 0 Å². The molecule has 0 saturated carbocycles. The van der Waals surface area contributed by atoms with Gasteiger partial charge in [-0.25, -0.2) is 0 Å². The van der Waals surface area contributed by atoms with Gasteiger partial charge in [-0.2, -0.15) is 0 Å². The van der Waals surface area contributed by atoms with Crippen LogP contribution in [0.15, 0.2) is 46.4 Å². The number of hydrogen-bond acceptors (Lipinski definition) is 8. The second kappa shape index (κ2) is 10.3. The van der Waals surface area contributed by atoms with Gasteiger partial charge in [0, 0.05) is 75.1 Å². The number of aliphatic imine (C=N–C) groups is 2. The second-order valence-corrected chi connectivity index (χ2v) is 5.07. The molecule has 0 amide bonds. The Morgan fingerprint density at radius 2 is 1.19 bits per heavy atom. The summed E-state index contributed by atoms with van der Waals surface area (Å²) in [6, 6.07) is 7.18. The molecule has 136 valence electrons. The summed E-state index contributed by atoms with van der Waals surface area (Å²) in [5.74, 6) is -0.270. The number of aromatic hydroxyl groups is 2. The van der Waals surface area contributed by atoms with Crippen molar-refractivity contribution < 1.29 is 47.4 Å². The van der Waals surface area contributed by atoms with E-state index in [-0.39, 0.29) is 74.4 Å². The molecular weight excluding hydrogens is 457 g/mol. The standard InChI is InChI=1S/C16H14N4O6.Cd/c21-15-3-1-13(19(23)24)7-11(15)9-17-5-6-18-10-12-8-14(20(25)26)2-4-16(12)22;/h1-4,7-10,21-22H,5-6H2;. The summed E-state index contributed by atoms with van der Waals surface area (Å²) < 4.78 is 0. The molecule has 0 bridgehead atoms. The number of nitro groups is 2. The van der Waals surface area contributed by atoms with Crippen LogP contribution < -0.4 is 0 Å². The molecule has 0 saturated heterocycles. The van der Waals surface area contributed by atoms with Crippen molar-refractivity contribution >= 4 is 23.8 Å². The van der Waals surface area contributed by atoms with Crippen LogP contribution in [0.3, 0.4) is 0 Å². The Kier molecular flexibility index (Phi) is 8.45. The topological polar surface area (TPSA) is 151 Å². The van der Waals surface area contributed by atoms with Gasteiger partial charge >= 0.3 is 0 Å². The Hall–Kier alpha value is -2.90. The van der Waals surface area contributed by atoms with Crippen LogP contribution in [0.25, 0.3) is 0 Å². The van der Waals surface area contributed by atoms with E-state index in [9.17, 15) is 30.4 Å². The fourth-order valence-electron chi connectivity index (χ4n) is 1.96. The minimum Gasteiger partial charge on any atom is -0.507 e. The molecule has 2 aromatic rings. The predicted molar refractivity (Wildman–Crippen MR) is 94.4 cm³/mol. The van der Waals surface area contributed by atoms with Crippen LogP contribution in [0.5, 0.6) is 11.5 Å². The van der Waals surface area contributed by atoms with Gasteiger partial charge in [-0.15, -0.1) is 0 Å². The second-order valence-electron chi connectivity index (χ2n) is 5.07. The maximum absolute atomic E-state index is 10.7. The number of nitro benzene ring substituents is 2. The normalized spacial score (nSPS) is 10.8. The molecule has 0 spiro atoms. The first-order valence-electron chi connectivity index (χ1n) is 7.33. The van der Waals surface area contributed by atoms with Gasteiger partial charge in [0.25, 0.3) is 11.4 Å². The molecule has 0 fully saturated rings. The van der Waals surface area contributed by atoms with Gasteiger partial charge < -0.3 is 10.2 Å². The van der Waals surface area contributed by atoms with Crippen molar-refractivity contribution in [3.8, 4) is 11.5 Å². The summed E-state index contributed by atoms with van der Waals surface area (Å²) in [6.07, 6.45) is 2.59. The van der Waals surface area contributed by atoms with E-state index in [0.717, 1.165) is 0 Å². The maximum atomic E-state index is 10.7. The van der Waals surface area contributed by atoms with E-state index in [1.165, 1.54) is 48.8 Å². The Bertz CT molecular complexity index is 827. The van der Waals surface area contributed by atoms with Gasteiger partial charge in [0.05, 0.1) is 22.9 Å². The van der Waals surface area contributed by atoms with E-state index in [2.05, 4.69) is 9.98 Å². The largest absolute Gasteiger partial charge is 0.507 e. The molecule has 0 atom stereocenters. The van der Waals surface area contributed by atoms with Gasteiger partial charge in [-0.3, -0.25) is 30.2 Å². The minimum atomic E-state index is -0.577. The number of rotatable bonds is 7. The molecule has 27 heavy (non-hydrogen) atoms. The Labute approximate surface area is 173 Å². The van der Waals surface area contributed by atoms with Crippen LogP contribution in [0.1, 0.15) is 11.1 Å². The van der Waals surface area contributed by atoms with Crippen molar-refractivity contribution in [1.82, 2.24) is 0 Å². The summed E-state index contributed by atoms with van der Waals surface area (Å²) in [5, 5.41) is 40.7. The smallest absolute Gasteiger partial charge is 0.270 e. The zero-order valence-electron chi connectivity index (χ0n) is 14.1. The SMILES string of the molecule is O=[N+]([O-])c1ccc(O)c(C=NCCN=Cc2cc([N+](=O)[O-])ccc2O)c1.[Cd]. The Morgan fingerprint density at radius 1 is 0.815 bits per heavy atom. The summed E-state index contributed by atoms with van der Waals surface area (Å²) in [4.78, 5) is 28.3. The minimum absolute atomic E-state index is 0. The quantitative estimate of drug-likeness (QED) is 0.208. The van der Waals surface area contributed by atoms with E-state index in [4.69, 9.17) is 0 Å². The Morgan fingerprint density at radius 3 is 1.52 bits per heavy atom.